The first-order valence-corrected chi connectivity index (χ1v) is 8.54. The number of likely N-dealkylation sites (tertiary alicyclic amines) is 1. The van der Waals surface area contributed by atoms with Crippen LogP contribution in [0.1, 0.15) is 64.5 Å². The van der Waals surface area contributed by atoms with E-state index in [0.717, 1.165) is 30.7 Å². The number of aromatic nitrogens is 5. The zero-order valence-electron chi connectivity index (χ0n) is 15.2. The average Bonchev–Trinajstić information content (AvgIpc) is 3.06. The summed E-state index contributed by atoms with van der Waals surface area (Å²) in [6.45, 7) is 6.65. The Labute approximate surface area is 147 Å². The molecule has 1 atom stereocenters. The number of nitrogens with one attached hydrogen (secondary N) is 1. The van der Waals surface area contributed by atoms with Gasteiger partial charge < -0.3 is 9.64 Å². The van der Waals surface area contributed by atoms with Gasteiger partial charge in [0.05, 0.1) is 23.1 Å². The van der Waals surface area contributed by atoms with Crippen molar-refractivity contribution in [3.05, 3.63) is 34.4 Å². The standard InChI is InChI=1S/C17H24N6O2/c1-10-11(2)19-15(12(3)18-10)17(24)23-8-6-5-7-13(23)16-20-14(9-25-4)21-22-16/h13H,5-9H2,1-4H3,(H,20,21,22)/t13-/m1/s1. The lowest BCUT2D eigenvalue weighted by Gasteiger charge is -2.34. The van der Waals surface area contributed by atoms with Gasteiger partial charge in [0.1, 0.15) is 12.3 Å². The summed E-state index contributed by atoms with van der Waals surface area (Å²) >= 11 is 0. The first-order valence-electron chi connectivity index (χ1n) is 8.54. The number of piperidine rings is 1. The number of carbonyl (C=O) groups excluding carboxylic acids is 1. The van der Waals surface area contributed by atoms with Crippen LogP contribution in [0.5, 0.6) is 0 Å². The third-order valence-corrected chi connectivity index (χ3v) is 4.58. The fraction of sp³-hybridized carbons (Fsp3) is 0.588. The molecule has 3 rings (SSSR count). The van der Waals surface area contributed by atoms with Crippen molar-refractivity contribution < 1.29 is 9.53 Å². The second kappa shape index (κ2) is 7.26. The van der Waals surface area contributed by atoms with E-state index in [1.807, 2.05) is 25.7 Å². The number of aryl methyl sites for hydroxylation is 3. The minimum absolute atomic E-state index is 0.101. The molecular weight excluding hydrogens is 320 g/mol. The maximum atomic E-state index is 13.1. The fourth-order valence-corrected chi connectivity index (χ4v) is 3.16. The van der Waals surface area contributed by atoms with E-state index in [0.29, 0.717) is 36.2 Å². The summed E-state index contributed by atoms with van der Waals surface area (Å²) in [4.78, 5) is 28.4. The van der Waals surface area contributed by atoms with Crippen LogP contribution in [0.4, 0.5) is 0 Å². The van der Waals surface area contributed by atoms with E-state index >= 15 is 0 Å². The molecule has 3 heterocycles. The molecule has 1 aliphatic heterocycles. The van der Waals surface area contributed by atoms with Crippen LogP contribution >= 0.6 is 0 Å². The Morgan fingerprint density at radius 1 is 1.16 bits per heavy atom. The van der Waals surface area contributed by atoms with Crippen LogP contribution in [0.3, 0.4) is 0 Å². The Kier molecular flexibility index (Phi) is 5.08. The highest BCUT2D eigenvalue weighted by Gasteiger charge is 2.33. The molecule has 134 valence electrons. The molecule has 0 spiro atoms. The monoisotopic (exact) mass is 344 g/mol. The normalized spacial score (nSPS) is 17.8. The fourth-order valence-electron chi connectivity index (χ4n) is 3.16. The van der Waals surface area contributed by atoms with Gasteiger partial charge in [-0.05, 0) is 40.0 Å². The molecule has 8 nitrogen and oxygen atoms in total. The summed E-state index contributed by atoms with van der Waals surface area (Å²) in [5, 5.41) is 7.17. The quantitative estimate of drug-likeness (QED) is 0.911. The smallest absolute Gasteiger partial charge is 0.274 e. The molecule has 0 bridgehead atoms. The topological polar surface area (TPSA) is 96.9 Å². The predicted molar refractivity (Wildman–Crippen MR) is 91.0 cm³/mol. The van der Waals surface area contributed by atoms with Crippen LogP contribution in [-0.2, 0) is 11.3 Å². The van der Waals surface area contributed by atoms with E-state index in [9.17, 15) is 4.79 Å². The molecule has 1 amide bonds. The summed E-state index contributed by atoms with van der Waals surface area (Å²) in [6, 6.07) is -0.147. The molecule has 2 aromatic rings. The molecule has 0 radical (unpaired) electrons. The summed E-state index contributed by atoms with van der Waals surface area (Å²) < 4.78 is 5.08. The molecule has 1 aliphatic rings. The molecule has 0 unspecified atom stereocenters. The van der Waals surface area contributed by atoms with Crippen molar-refractivity contribution in [1.82, 2.24) is 30.0 Å². The van der Waals surface area contributed by atoms with Gasteiger partial charge in [-0.25, -0.2) is 9.97 Å². The summed E-state index contributed by atoms with van der Waals surface area (Å²) in [7, 11) is 1.61. The van der Waals surface area contributed by atoms with Gasteiger partial charge in [-0.2, -0.15) is 5.10 Å². The Balaban J connectivity index is 1.90. The van der Waals surface area contributed by atoms with Crippen LogP contribution in [0, 0.1) is 20.8 Å². The molecule has 8 heteroatoms. The van der Waals surface area contributed by atoms with E-state index in [1.165, 1.54) is 0 Å². The minimum Gasteiger partial charge on any atom is -0.377 e. The molecule has 2 aromatic heterocycles. The van der Waals surface area contributed by atoms with Gasteiger partial charge in [0.2, 0.25) is 0 Å². The van der Waals surface area contributed by atoms with Crippen molar-refractivity contribution in [2.24, 2.45) is 0 Å². The van der Waals surface area contributed by atoms with Crippen LogP contribution in [0.15, 0.2) is 0 Å². The van der Waals surface area contributed by atoms with Gasteiger partial charge in [-0.3, -0.25) is 14.9 Å². The van der Waals surface area contributed by atoms with Gasteiger partial charge >= 0.3 is 0 Å². The Morgan fingerprint density at radius 2 is 1.92 bits per heavy atom. The number of aromatic amines is 1. The Hall–Kier alpha value is -2.35. The first kappa shape index (κ1) is 17.5. The molecule has 25 heavy (non-hydrogen) atoms. The van der Waals surface area contributed by atoms with Gasteiger partial charge in [-0.15, -0.1) is 0 Å². The number of ether oxygens (including phenoxy) is 1. The van der Waals surface area contributed by atoms with Crippen molar-refractivity contribution in [1.29, 1.82) is 0 Å². The second-order valence-electron chi connectivity index (χ2n) is 6.41. The maximum Gasteiger partial charge on any atom is 0.274 e. The SMILES string of the molecule is COCc1nc([C@H]2CCCCN2C(=O)c2nc(C)c(C)nc2C)n[nH]1. The van der Waals surface area contributed by atoms with E-state index in [4.69, 9.17) is 4.74 Å². The van der Waals surface area contributed by atoms with Gasteiger partial charge in [0, 0.05) is 13.7 Å². The number of amides is 1. The van der Waals surface area contributed by atoms with E-state index in [1.54, 1.807) is 7.11 Å². The molecule has 0 saturated carbocycles. The lowest BCUT2D eigenvalue weighted by Crippen LogP contribution is -2.40. The van der Waals surface area contributed by atoms with Gasteiger partial charge in [0.25, 0.3) is 5.91 Å². The van der Waals surface area contributed by atoms with Crippen molar-refractivity contribution in [2.45, 2.75) is 52.7 Å². The van der Waals surface area contributed by atoms with Crippen LogP contribution < -0.4 is 0 Å². The van der Waals surface area contributed by atoms with Crippen molar-refractivity contribution in [3.8, 4) is 0 Å². The highest BCUT2D eigenvalue weighted by Crippen LogP contribution is 2.30. The third-order valence-electron chi connectivity index (χ3n) is 4.58. The predicted octanol–water partition coefficient (Wildman–Crippen LogP) is 2.03. The zero-order valence-corrected chi connectivity index (χ0v) is 15.2. The molecule has 1 N–H and O–H groups in total. The van der Waals surface area contributed by atoms with E-state index in [2.05, 4.69) is 25.1 Å². The number of hydrogen-bond acceptors (Lipinski definition) is 6. The maximum absolute atomic E-state index is 13.1. The molecule has 1 saturated heterocycles. The largest absolute Gasteiger partial charge is 0.377 e. The summed E-state index contributed by atoms with van der Waals surface area (Å²) in [5.41, 5.74) is 2.71. The molecule has 0 aromatic carbocycles. The van der Waals surface area contributed by atoms with Crippen molar-refractivity contribution in [2.75, 3.05) is 13.7 Å². The highest BCUT2D eigenvalue weighted by atomic mass is 16.5. The summed E-state index contributed by atoms with van der Waals surface area (Å²) in [5.74, 6) is 1.20. The van der Waals surface area contributed by atoms with E-state index < -0.39 is 0 Å². The number of nitrogens with zero attached hydrogens (tertiary/aromatic N) is 5. The number of carbonyl (C=O) groups is 1. The zero-order chi connectivity index (χ0) is 18.0. The van der Waals surface area contributed by atoms with Crippen molar-refractivity contribution in [3.63, 3.8) is 0 Å². The molecule has 1 fully saturated rings. The number of methoxy groups -OCH3 is 1. The van der Waals surface area contributed by atoms with Crippen molar-refractivity contribution >= 4 is 5.91 Å². The highest BCUT2D eigenvalue weighted by molar-refractivity contribution is 5.93. The van der Waals surface area contributed by atoms with Crippen LogP contribution in [0.25, 0.3) is 0 Å². The minimum atomic E-state index is -0.147. The molecule has 0 aliphatic carbocycles. The van der Waals surface area contributed by atoms with Crippen LogP contribution in [-0.4, -0.2) is 49.6 Å². The molecular formula is C17H24N6O2. The Morgan fingerprint density at radius 3 is 2.68 bits per heavy atom. The number of H-pyrrole nitrogens is 1. The lowest BCUT2D eigenvalue weighted by atomic mass is 10.0. The van der Waals surface area contributed by atoms with Gasteiger partial charge in [-0.1, -0.05) is 0 Å². The first-order chi connectivity index (χ1) is 12.0. The second-order valence-corrected chi connectivity index (χ2v) is 6.41. The van der Waals surface area contributed by atoms with E-state index in [-0.39, 0.29) is 11.9 Å². The number of hydrogen-bond donors (Lipinski definition) is 1. The van der Waals surface area contributed by atoms with Gasteiger partial charge in [0.15, 0.2) is 11.6 Å². The lowest BCUT2D eigenvalue weighted by molar-refractivity contribution is 0.0592. The third kappa shape index (κ3) is 3.53. The number of rotatable bonds is 4. The summed E-state index contributed by atoms with van der Waals surface area (Å²) in [6.07, 6.45) is 2.85. The average molecular weight is 344 g/mol. The Bertz CT molecular complexity index is 772. The van der Waals surface area contributed by atoms with Crippen LogP contribution in [0.2, 0.25) is 0 Å².